The lowest BCUT2D eigenvalue weighted by Crippen LogP contribution is -2.50. The zero-order valence-corrected chi connectivity index (χ0v) is 14.1. The molecule has 2 aliphatic heterocycles. The highest BCUT2D eigenvalue weighted by molar-refractivity contribution is 7.88. The topological polar surface area (TPSA) is 78.5 Å². The third kappa shape index (κ3) is 6.10. The van der Waals surface area contributed by atoms with Crippen molar-refractivity contribution in [3.63, 3.8) is 0 Å². The molecule has 1 amide bonds. The van der Waals surface area contributed by atoms with Crippen molar-refractivity contribution in [3.05, 3.63) is 0 Å². The second kappa shape index (κ2) is 8.31. The number of nitrogens with zero attached hydrogens (tertiary/aromatic N) is 1. The summed E-state index contributed by atoms with van der Waals surface area (Å²) in [5.41, 5.74) is 0. The molecule has 21 heavy (non-hydrogen) atoms. The molecule has 8 heteroatoms. The first-order chi connectivity index (χ1) is 9.46. The van der Waals surface area contributed by atoms with Crippen LogP contribution in [0.4, 0.5) is 0 Å². The standard InChI is InChI=1S/C13H25N3O3S.ClH/c1-20(18,19)15-10-12-6-2-3-8-16(12)13(17)9-11-5-4-7-14-11;/h11-12,14-15H,2-10H2,1H3;1H. The molecule has 124 valence electrons. The predicted molar refractivity (Wildman–Crippen MR) is 85.1 cm³/mol. The summed E-state index contributed by atoms with van der Waals surface area (Å²) >= 11 is 0. The van der Waals surface area contributed by atoms with Crippen molar-refractivity contribution in [2.75, 3.05) is 25.9 Å². The molecular formula is C13H26ClN3O3S. The Morgan fingerprint density at radius 1 is 1.29 bits per heavy atom. The van der Waals surface area contributed by atoms with Gasteiger partial charge >= 0.3 is 0 Å². The molecule has 2 fully saturated rings. The van der Waals surface area contributed by atoms with Crippen LogP contribution in [0.25, 0.3) is 0 Å². The smallest absolute Gasteiger partial charge is 0.224 e. The summed E-state index contributed by atoms with van der Waals surface area (Å²) in [4.78, 5) is 14.3. The second-order valence-corrected chi connectivity index (χ2v) is 7.69. The lowest BCUT2D eigenvalue weighted by Gasteiger charge is -2.36. The summed E-state index contributed by atoms with van der Waals surface area (Å²) < 4.78 is 24.9. The lowest BCUT2D eigenvalue weighted by atomic mass is 10.0. The highest BCUT2D eigenvalue weighted by atomic mass is 35.5. The summed E-state index contributed by atoms with van der Waals surface area (Å²) in [5.74, 6) is 0.157. The van der Waals surface area contributed by atoms with E-state index in [4.69, 9.17) is 0 Å². The van der Waals surface area contributed by atoms with Crippen molar-refractivity contribution in [1.82, 2.24) is 14.9 Å². The molecule has 2 unspecified atom stereocenters. The highest BCUT2D eigenvalue weighted by Crippen LogP contribution is 2.19. The minimum Gasteiger partial charge on any atom is -0.338 e. The Morgan fingerprint density at radius 2 is 2.05 bits per heavy atom. The van der Waals surface area contributed by atoms with Gasteiger partial charge in [-0.3, -0.25) is 4.79 Å². The fraction of sp³-hybridized carbons (Fsp3) is 0.923. The summed E-state index contributed by atoms with van der Waals surface area (Å²) in [6.45, 7) is 2.08. The number of carbonyl (C=O) groups is 1. The van der Waals surface area contributed by atoms with Crippen molar-refractivity contribution in [2.24, 2.45) is 0 Å². The van der Waals surface area contributed by atoms with Gasteiger partial charge in [-0.2, -0.15) is 0 Å². The van der Waals surface area contributed by atoms with E-state index in [-0.39, 0.29) is 24.4 Å². The van der Waals surface area contributed by atoms with Crippen LogP contribution in [-0.2, 0) is 14.8 Å². The Bertz CT molecular complexity index is 438. The van der Waals surface area contributed by atoms with Crippen LogP contribution >= 0.6 is 12.4 Å². The number of hydrogen-bond acceptors (Lipinski definition) is 4. The molecule has 0 spiro atoms. The first-order valence-electron chi connectivity index (χ1n) is 7.43. The van der Waals surface area contributed by atoms with Crippen LogP contribution in [0.3, 0.4) is 0 Å². The number of carbonyl (C=O) groups excluding carboxylic acids is 1. The van der Waals surface area contributed by atoms with Gasteiger partial charge in [0, 0.05) is 31.6 Å². The first-order valence-corrected chi connectivity index (χ1v) is 9.32. The average Bonchev–Trinajstić information content (AvgIpc) is 2.88. The number of sulfonamides is 1. The van der Waals surface area contributed by atoms with Gasteiger partial charge < -0.3 is 10.2 Å². The number of hydrogen-bond donors (Lipinski definition) is 2. The van der Waals surface area contributed by atoms with E-state index in [2.05, 4.69) is 10.0 Å². The first kappa shape index (κ1) is 18.7. The number of rotatable bonds is 5. The third-order valence-electron chi connectivity index (χ3n) is 4.11. The summed E-state index contributed by atoms with van der Waals surface area (Å²) in [5, 5.41) is 3.34. The molecule has 0 aromatic rings. The van der Waals surface area contributed by atoms with Crippen molar-refractivity contribution in [3.8, 4) is 0 Å². The molecule has 2 N–H and O–H groups in total. The summed E-state index contributed by atoms with van der Waals surface area (Å²) in [7, 11) is -3.20. The van der Waals surface area contributed by atoms with Gasteiger partial charge in [-0.05, 0) is 38.6 Å². The van der Waals surface area contributed by atoms with Gasteiger partial charge in [0.15, 0.2) is 0 Å². The van der Waals surface area contributed by atoms with Crippen LogP contribution < -0.4 is 10.0 Å². The molecule has 0 aliphatic carbocycles. The Hall–Kier alpha value is -0.370. The molecule has 2 aliphatic rings. The van der Waals surface area contributed by atoms with Gasteiger partial charge in [-0.25, -0.2) is 13.1 Å². The maximum atomic E-state index is 12.4. The van der Waals surface area contributed by atoms with Gasteiger partial charge in [0.25, 0.3) is 0 Å². The molecule has 0 aromatic carbocycles. The third-order valence-corrected chi connectivity index (χ3v) is 4.80. The van der Waals surface area contributed by atoms with Crippen molar-refractivity contribution < 1.29 is 13.2 Å². The van der Waals surface area contributed by atoms with E-state index in [9.17, 15) is 13.2 Å². The van der Waals surface area contributed by atoms with Crippen LogP contribution in [0.1, 0.15) is 38.5 Å². The highest BCUT2D eigenvalue weighted by Gasteiger charge is 2.29. The molecule has 2 rings (SSSR count). The van der Waals surface area contributed by atoms with Crippen LogP contribution in [0, 0.1) is 0 Å². The minimum absolute atomic E-state index is 0. The Balaban J connectivity index is 0.00000220. The average molecular weight is 340 g/mol. The predicted octanol–water partition coefficient (Wildman–Crippen LogP) is 0.481. The van der Waals surface area contributed by atoms with E-state index < -0.39 is 10.0 Å². The summed E-state index contributed by atoms with van der Waals surface area (Å²) in [6, 6.07) is 0.306. The van der Waals surface area contributed by atoms with Gasteiger partial charge in [0.2, 0.25) is 15.9 Å². The van der Waals surface area contributed by atoms with Crippen LogP contribution in [0.5, 0.6) is 0 Å². The van der Waals surface area contributed by atoms with E-state index in [0.717, 1.165) is 51.4 Å². The second-order valence-electron chi connectivity index (χ2n) is 5.85. The van der Waals surface area contributed by atoms with E-state index in [0.29, 0.717) is 19.0 Å². The molecule has 2 saturated heterocycles. The fourth-order valence-electron chi connectivity index (χ4n) is 3.05. The minimum atomic E-state index is -3.20. The maximum Gasteiger partial charge on any atom is 0.224 e. The van der Waals surface area contributed by atoms with Crippen molar-refractivity contribution in [1.29, 1.82) is 0 Å². The van der Waals surface area contributed by atoms with Crippen LogP contribution in [0.15, 0.2) is 0 Å². The molecule has 0 bridgehead atoms. The molecule has 0 saturated carbocycles. The molecular weight excluding hydrogens is 314 g/mol. The Kier molecular flexibility index (Phi) is 7.39. The maximum absolute atomic E-state index is 12.4. The molecule has 2 heterocycles. The Labute approximate surface area is 133 Å². The number of amides is 1. The lowest BCUT2D eigenvalue weighted by molar-refractivity contribution is -0.135. The van der Waals surface area contributed by atoms with E-state index in [1.54, 1.807) is 0 Å². The Morgan fingerprint density at radius 3 is 2.67 bits per heavy atom. The van der Waals surface area contributed by atoms with Gasteiger partial charge in [-0.15, -0.1) is 12.4 Å². The largest absolute Gasteiger partial charge is 0.338 e. The van der Waals surface area contributed by atoms with E-state index in [1.807, 2.05) is 4.90 Å². The van der Waals surface area contributed by atoms with Gasteiger partial charge in [0.1, 0.15) is 0 Å². The number of piperidine rings is 1. The molecule has 6 nitrogen and oxygen atoms in total. The van der Waals surface area contributed by atoms with Gasteiger partial charge in [-0.1, -0.05) is 0 Å². The monoisotopic (exact) mass is 339 g/mol. The zero-order valence-electron chi connectivity index (χ0n) is 12.5. The van der Waals surface area contributed by atoms with Crippen LogP contribution in [0.2, 0.25) is 0 Å². The van der Waals surface area contributed by atoms with Gasteiger partial charge in [0.05, 0.1) is 6.26 Å². The number of likely N-dealkylation sites (tertiary alicyclic amines) is 1. The fourth-order valence-corrected chi connectivity index (χ4v) is 3.54. The van der Waals surface area contributed by atoms with Crippen LogP contribution in [-0.4, -0.2) is 57.2 Å². The van der Waals surface area contributed by atoms with Crippen molar-refractivity contribution in [2.45, 2.75) is 50.6 Å². The number of nitrogens with one attached hydrogen (secondary N) is 2. The number of halogens is 1. The van der Waals surface area contributed by atoms with E-state index in [1.165, 1.54) is 0 Å². The van der Waals surface area contributed by atoms with Crippen molar-refractivity contribution >= 4 is 28.3 Å². The molecule has 2 atom stereocenters. The normalized spacial score (nSPS) is 26.4. The van der Waals surface area contributed by atoms with E-state index >= 15 is 0 Å². The molecule has 0 aromatic heterocycles. The molecule has 0 radical (unpaired) electrons. The summed E-state index contributed by atoms with van der Waals surface area (Å²) in [6.07, 6.45) is 6.84. The quantitative estimate of drug-likeness (QED) is 0.763. The zero-order chi connectivity index (χ0) is 14.6. The SMILES string of the molecule is CS(=O)(=O)NCC1CCCCN1C(=O)CC1CCCN1.Cl.